The molecule has 14 heteroatoms. The van der Waals surface area contributed by atoms with Gasteiger partial charge < -0.3 is 35.8 Å². The van der Waals surface area contributed by atoms with Crippen molar-refractivity contribution in [1.82, 2.24) is 24.8 Å². The van der Waals surface area contributed by atoms with E-state index in [-0.39, 0.29) is 12.0 Å². The van der Waals surface area contributed by atoms with Crippen molar-refractivity contribution in [3.63, 3.8) is 0 Å². The van der Waals surface area contributed by atoms with Gasteiger partial charge in [0.05, 0.1) is 77.6 Å². The number of alkyl halides is 3. The van der Waals surface area contributed by atoms with E-state index in [1.807, 2.05) is 37.3 Å². The van der Waals surface area contributed by atoms with Crippen LogP contribution in [0.1, 0.15) is 46.1 Å². The van der Waals surface area contributed by atoms with Crippen molar-refractivity contribution in [2.75, 3.05) is 32.0 Å². The second-order valence-corrected chi connectivity index (χ2v) is 13.6. The van der Waals surface area contributed by atoms with Gasteiger partial charge in [0.25, 0.3) is 5.91 Å². The number of rotatable bonds is 10. The summed E-state index contributed by atoms with van der Waals surface area (Å²) in [5.74, 6) is 0.115. The Labute approximate surface area is 303 Å². The van der Waals surface area contributed by atoms with E-state index in [1.165, 1.54) is 29.0 Å². The van der Waals surface area contributed by atoms with Gasteiger partial charge in [0.1, 0.15) is 10.6 Å². The van der Waals surface area contributed by atoms with Crippen molar-refractivity contribution in [3.8, 4) is 28.3 Å². The third kappa shape index (κ3) is 7.83. The summed E-state index contributed by atoms with van der Waals surface area (Å²) >= 11 is 1.27. The number of hydrogen-bond donors (Lipinski definition) is 4. The average Bonchev–Trinajstić information content (AvgIpc) is 3.90. The van der Waals surface area contributed by atoms with Crippen molar-refractivity contribution in [3.05, 3.63) is 107 Å². The van der Waals surface area contributed by atoms with E-state index in [0.717, 1.165) is 47.3 Å². The molecule has 0 radical (unpaired) electrons. The molecule has 0 atom stereocenters. The van der Waals surface area contributed by atoms with Gasteiger partial charge in [-0.05, 0) is 74.3 Å². The minimum absolute atomic E-state index is 0.122. The lowest BCUT2D eigenvalue weighted by Gasteiger charge is -2.38. The maximum Gasteiger partial charge on any atom is 0.416 e. The number of primary amides is 1. The number of nitrogen functional groups attached to an aromatic ring is 1. The summed E-state index contributed by atoms with van der Waals surface area (Å²) in [5, 5.41) is 4.11. The number of amides is 1. The Hall–Kier alpha value is -5.18. The van der Waals surface area contributed by atoms with Crippen LogP contribution < -0.4 is 21.5 Å². The maximum absolute atomic E-state index is 13.5. The normalized spacial score (nSPS) is 14.2. The second-order valence-electron chi connectivity index (χ2n) is 12.6. The van der Waals surface area contributed by atoms with E-state index in [4.69, 9.17) is 20.9 Å². The number of nitrogens with one attached hydrogen (secondary N) is 2. The van der Waals surface area contributed by atoms with Gasteiger partial charge >= 0.3 is 6.18 Å². The maximum atomic E-state index is 13.5. The predicted molar refractivity (Wildman–Crippen MR) is 197 cm³/mol. The largest absolute Gasteiger partial charge is 0.493 e. The molecule has 0 spiro atoms. The topological polar surface area (TPSA) is 146 Å². The Morgan fingerprint density at radius 3 is 2.46 bits per heavy atom. The number of anilines is 1. The molecule has 0 aliphatic carbocycles. The number of H-pyrrole nitrogens is 1. The van der Waals surface area contributed by atoms with Gasteiger partial charge in [-0.1, -0.05) is 30.3 Å². The SMILES string of the molecule is CCOc1ccc(-c2cnc[nH]2)c2sc(C(N)=O)c(N)c12.Cn1cncc1-c1cc(COCC2(c3ccccc3)CCNCC2)cc(C(F)(F)F)c1. The number of aromatic amines is 1. The molecular weight excluding hydrogens is 692 g/mol. The molecule has 3 aromatic heterocycles. The van der Waals surface area contributed by atoms with Crippen LogP contribution in [-0.4, -0.2) is 51.7 Å². The first-order valence-electron chi connectivity index (χ1n) is 16.8. The second kappa shape index (κ2) is 15.6. The van der Waals surface area contributed by atoms with Crippen molar-refractivity contribution in [2.24, 2.45) is 12.8 Å². The highest BCUT2D eigenvalue weighted by molar-refractivity contribution is 7.22. The van der Waals surface area contributed by atoms with E-state index >= 15 is 0 Å². The summed E-state index contributed by atoms with van der Waals surface area (Å²) in [6.07, 6.45) is 3.90. The monoisotopic (exact) mass is 731 g/mol. The average molecular weight is 732 g/mol. The Balaban J connectivity index is 0.000000192. The number of fused-ring (bicyclic) bond motifs is 1. The van der Waals surface area contributed by atoms with Crippen LogP contribution in [0.15, 0.2) is 85.7 Å². The van der Waals surface area contributed by atoms with E-state index in [9.17, 15) is 18.0 Å². The number of aromatic nitrogens is 4. The number of hydrogen-bond acceptors (Lipinski definition) is 8. The Morgan fingerprint density at radius 2 is 1.83 bits per heavy atom. The zero-order valence-electron chi connectivity index (χ0n) is 28.8. The fourth-order valence-electron chi connectivity index (χ4n) is 6.57. The molecule has 52 heavy (non-hydrogen) atoms. The van der Waals surface area contributed by atoms with Gasteiger partial charge in [0.15, 0.2) is 0 Å². The first-order chi connectivity index (χ1) is 25.0. The highest BCUT2D eigenvalue weighted by Gasteiger charge is 2.35. The molecular formula is C38H40F3N7O3S. The van der Waals surface area contributed by atoms with Gasteiger partial charge in [-0.2, -0.15) is 13.2 Å². The van der Waals surface area contributed by atoms with Crippen LogP contribution in [0.25, 0.3) is 32.6 Å². The minimum atomic E-state index is -4.43. The van der Waals surface area contributed by atoms with E-state index in [1.54, 1.807) is 42.7 Å². The van der Waals surface area contributed by atoms with Crippen LogP contribution in [0, 0.1) is 0 Å². The molecule has 0 unspecified atom stereocenters. The number of benzene rings is 3. The lowest BCUT2D eigenvalue weighted by Crippen LogP contribution is -2.43. The van der Waals surface area contributed by atoms with E-state index < -0.39 is 17.6 Å². The van der Waals surface area contributed by atoms with Crippen molar-refractivity contribution >= 4 is 33.0 Å². The fourth-order valence-corrected chi connectivity index (χ4v) is 7.69. The summed E-state index contributed by atoms with van der Waals surface area (Å²) in [7, 11) is 1.76. The number of nitrogens with two attached hydrogens (primary N) is 2. The zero-order chi connectivity index (χ0) is 36.9. The number of aryl methyl sites for hydroxylation is 1. The van der Waals surface area contributed by atoms with Gasteiger partial charge in [-0.15, -0.1) is 11.3 Å². The molecule has 6 aromatic rings. The third-order valence-electron chi connectivity index (χ3n) is 9.18. The number of halogens is 3. The quantitative estimate of drug-likeness (QED) is 0.116. The van der Waals surface area contributed by atoms with Crippen LogP contribution in [0.4, 0.5) is 18.9 Å². The molecule has 4 heterocycles. The molecule has 1 aliphatic rings. The number of thiophene rings is 1. The first kappa shape index (κ1) is 36.6. The molecule has 7 rings (SSSR count). The number of carbonyl (C=O) groups excluding carboxylic acids is 1. The molecule has 6 N–H and O–H groups in total. The summed E-state index contributed by atoms with van der Waals surface area (Å²) in [4.78, 5) is 23.0. The van der Waals surface area contributed by atoms with E-state index in [0.29, 0.717) is 46.3 Å². The number of piperidine rings is 1. The molecule has 272 valence electrons. The minimum Gasteiger partial charge on any atom is -0.493 e. The van der Waals surface area contributed by atoms with Crippen LogP contribution in [0.5, 0.6) is 5.75 Å². The standard InChI is InChI=1S/C24H26F3N3O.C14H14N4O2S/c1-30-17-29-14-22(30)19-11-18(12-21(13-19)24(25,26)27)15-31-16-23(7-9-28-10-8-23)20-5-3-2-4-6-20;1-2-20-9-4-3-7(8-5-17-6-18-8)12-10(9)11(15)13(21-12)14(16)19/h2-6,11-14,17,28H,7-10,15-16H2,1H3;3-6H,2,15H2,1H3,(H2,16,19)(H,17,18). The first-order valence-corrected chi connectivity index (χ1v) is 17.6. The van der Waals surface area contributed by atoms with Gasteiger partial charge in [-0.3, -0.25) is 4.79 Å². The number of carbonyl (C=O) groups is 1. The highest BCUT2D eigenvalue weighted by atomic mass is 32.1. The van der Waals surface area contributed by atoms with E-state index in [2.05, 4.69) is 32.4 Å². The summed E-state index contributed by atoms with van der Waals surface area (Å²) in [6.45, 7) is 4.79. The predicted octanol–water partition coefficient (Wildman–Crippen LogP) is 7.32. The van der Waals surface area contributed by atoms with Gasteiger partial charge in [0, 0.05) is 23.6 Å². The summed E-state index contributed by atoms with van der Waals surface area (Å²) < 4.78 is 54.8. The molecule has 0 bridgehead atoms. The number of ether oxygens (including phenoxy) is 2. The summed E-state index contributed by atoms with van der Waals surface area (Å²) in [6, 6.07) is 18.1. The molecule has 10 nitrogen and oxygen atoms in total. The van der Waals surface area contributed by atoms with Crippen molar-refractivity contribution < 1.29 is 27.4 Å². The van der Waals surface area contributed by atoms with Gasteiger partial charge in [0.2, 0.25) is 0 Å². The van der Waals surface area contributed by atoms with Crippen molar-refractivity contribution in [2.45, 2.75) is 38.0 Å². The smallest absolute Gasteiger partial charge is 0.416 e. The molecule has 1 saturated heterocycles. The molecule has 1 fully saturated rings. The lowest BCUT2D eigenvalue weighted by molar-refractivity contribution is -0.137. The Kier molecular flexibility index (Phi) is 11.0. The molecule has 0 saturated carbocycles. The highest BCUT2D eigenvalue weighted by Crippen LogP contribution is 2.44. The van der Waals surface area contributed by atoms with Crippen molar-refractivity contribution in [1.29, 1.82) is 0 Å². The number of imidazole rings is 2. The fraction of sp³-hybridized carbons (Fsp3) is 0.289. The van der Waals surface area contributed by atoms with Gasteiger partial charge in [-0.25, -0.2) is 9.97 Å². The van der Waals surface area contributed by atoms with Crippen LogP contribution >= 0.6 is 11.3 Å². The molecule has 3 aromatic carbocycles. The van der Waals surface area contributed by atoms with Crippen LogP contribution in [0.3, 0.4) is 0 Å². The number of nitrogens with zero attached hydrogens (tertiary/aromatic N) is 3. The Morgan fingerprint density at radius 1 is 1.06 bits per heavy atom. The summed E-state index contributed by atoms with van der Waals surface area (Å²) in [5.41, 5.74) is 15.7. The third-order valence-corrected chi connectivity index (χ3v) is 10.4. The Bertz CT molecular complexity index is 2120. The van der Waals surface area contributed by atoms with Crippen LogP contribution in [-0.2, 0) is 30.0 Å². The zero-order valence-corrected chi connectivity index (χ0v) is 29.6. The lowest BCUT2D eigenvalue weighted by atomic mass is 9.74. The van der Waals surface area contributed by atoms with Crippen LogP contribution in [0.2, 0.25) is 0 Å². The molecule has 1 amide bonds. The molecule has 1 aliphatic heterocycles.